The van der Waals surface area contributed by atoms with Crippen LogP contribution in [0.4, 0.5) is 0 Å². The molecule has 0 aromatic heterocycles. The second kappa shape index (κ2) is 5.91. The van der Waals surface area contributed by atoms with Gasteiger partial charge in [-0.25, -0.2) is 0 Å². The highest BCUT2D eigenvalue weighted by Crippen LogP contribution is 2.50. The van der Waals surface area contributed by atoms with Gasteiger partial charge >= 0.3 is 5.97 Å². The maximum atomic E-state index is 13.5. The quantitative estimate of drug-likeness (QED) is 0.767. The summed E-state index contributed by atoms with van der Waals surface area (Å²) in [5, 5.41) is 1.81. The van der Waals surface area contributed by atoms with Crippen molar-refractivity contribution < 1.29 is 23.3 Å². The molecule has 6 nitrogen and oxygen atoms in total. The molecule has 7 heteroatoms. The number of carbonyl (C=O) groups is 1. The van der Waals surface area contributed by atoms with Crippen molar-refractivity contribution in [3.63, 3.8) is 0 Å². The molecule has 1 aromatic rings. The Bertz CT molecular complexity index is 678. The zero-order valence-corrected chi connectivity index (χ0v) is 14.6. The van der Waals surface area contributed by atoms with Crippen LogP contribution in [0.25, 0.3) is 0 Å². The Hall–Kier alpha value is -1.28. The van der Waals surface area contributed by atoms with Crippen LogP contribution in [0, 0.1) is 6.92 Å². The van der Waals surface area contributed by atoms with Crippen molar-refractivity contribution in [3.8, 4) is 0 Å². The number of cyclic esters (lactones) is 1. The van der Waals surface area contributed by atoms with Crippen LogP contribution < -0.4 is 0 Å². The lowest BCUT2D eigenvalue weighted by Gasteiger charge is -2.27. The molecule has 130 valence electrons. The minimum atomic E-state index is -1.58. The zero-order chi connectivity index (χ0) is 16.9. The van der Waals surface area contributed by atoms with Crippen LogP contribution in [0.2, 0.25) is 0 Å². The number of benzene rings is 1. The van der Waals surface area contributed by atoms with Gasteiger partial charge in [0.1, 0.15) is 0 Å². The van der Waals surface area contributed by atoms with E-state index < -0.39 is 33.9 Å². The van der Waals surface area contributed by atoms with Gasteiger partial charge in [-0.2, -0.15) is 5.06 Å². The lowest BCUT2D eigenvalue weighted by atomic mass is 9.94. The smallest absolute Gasteiger partial charge is 0.332 e. The molecule has 0 radical (unpaired) electrons. The number of esters is 1. The predicted octanol–water partition coefficient (Wildman–Crippen LogP) is 1.54. The topological polar surface area (TPSA) is 65.1 Å². The Balaban J connectivity index is 1.79. The Kier molecular flexibility index (Phi) is 3.99. The number of fused-ring (bicyclic) bond motifs is 3. The minimum Gasteiger partial charge on any atom is -0.431 e. The molecular formula is C17H21NO5S. The summed E-state index contributed by atoms with van der Waals surface area (Å²) < 4.78 is 23.3. The van der Waals surface area contributed by atoms with Gasteiger partial charge in [0, 0.05) is 18.0 Å². The van der Waals surface area contributed by atoms with Gasteiger partial charge in [-0.3, -0.25) is 13.8 Å². The molecule has 5 atom stereocenters. The summed E-state index contributed by atoms with van der Waals surface area (Å²) in [5.41, 5.74) is 1.08. The molecule has 0 aliphatic carbocycles. The van der Waals surface area contributed by atoms with Crippen LogP contribution in [-0.4, -0.2) is 51.6 Å². The van der Waals surface area contributed by atoms with Gasteiger partial charge in [-0.15, -0.1) is 0 Å². The van der Waals surface area contributed by atoms with Crippen LogP contribution >= 0.6 is 0 Å². The van der Waals surface area contributed by atoms with E-state index in [1.807, 2.05) is 43.2 Å². The molecule has 3 fully saturated rings. The second-order valence-corrected chi connectivity index (χ2v) is 8.11. The average Bonchev–Trinajstić information content (AvgIpc) is 3.20. The maximum absolute atomic E-state index is 13.5. The van der Waals surface area contributed by atoms with E-state index in [0.717, 1.165) is 24.9 Å². The molecule has 0 spiro atoms. The summed E-state index contributed by atoms with van der Waals surface area (Å²) in [6.07, 6.45) is 0.207. The van der Waals surface area contributed by atoms with Crippen LogP contribution in [0.1, 0.15) is 25.3 Å². The first-order valence-corrected chi connectivity index (χ1v) is 9.48. The van der Waals surface area contributed by atoms with Crippen molar-refractivity contribution in [2.24, 2.45) is 0 Å². The number of ether oxygens (including phenoxy) is 2. The van der Waals surface area contributed by atoms with Crippen LogP contribution in [0.3, 0.4) is 0 Å². The van der Waals surface area contributed by atoms with E-state index in [1.54, 1.807) is 0 Å². The second-order valence-electron chi connectivity index (χ2n) is 6.43. The van der Waals surface area contributed by atoms with Crippen molar-refractivity contribution in [2.75, 3.05) is 13.2 Å². The van der Waals surface area contributed by atoms with Crippen molar-refractivity contribution in [1.29, 1.82) is 0 Å². The summed E-state index contributed by atoms with van der Waals surface area (Å²) in [7, 11) is -1.58. The number of aryl methyl sites for hydroxylation is 1. The monoisotopic (exact) mass is 351 g/mol. The summed E-state index contributed by atoms with van der Waals surface area (Å²) in [5.74, 6) is -0.473. The molecule has 4 rings (SSSR count). The van der Waals surface area contributed by atoms with Crippen LogP contribution in [0.15, 0.2) is 29.2 Å². The first-order valence-electron chi connectivity index (χ1n) is 8.33. The van der Waals surface area contributed by atoms with Crippen LogP contribution in [-0.2, 0) is 29.9 Å². The molecular weight excluding hydrogens is 330 g/mol. The van der Waals surface area contributed by atoms with Gasteiger partial charge in [0.2, 0.25) is 6.29 Å². The SMILES string of the molecule is CCO[C@H]1OC(=O)[C@@]2([S@@](=O)c3ccc(C)cc3)[C@@H]3CCCN3O[C@@H]12. The normalized spacial score (nSPS) is 36.4. The third-order valence-corrected chi connectivity index (χ3v) is 7.02. The van der Waals surface area contributed by atoms with Gasteiger partial charge < -0.3 is 9.47 Å². The molecule has 0 bridgehead atoms. The van der Waals surface area contributed by atoms with Crippen LogP contribution in [0.5, 0.6) is 0 Å². The Morgan fingerprint density at radius 1 is 1.38 bits per heavy atom. The summed E-state index contributed by atoms with van der Waals surface area (Å²) >= 11 is 0. The molecule has 0 unspecified atom stereocenters. The van der Waals surface area contributed by atoms with Gasteiger partial charge in [-0.1, -0.05) is 17.7 Å². The number of hydroxylamine groups is 2. The highest BCUT2D eigenvalue weighted by Gasteiger charge is 2.73. The molecule has 0 N–H and O–H groups in total. The van der Waals surface area contributed by atoms with Gasteiger partial charge in [0.25, 0.3) is 0 Å². The van der Waals surface area contributed by atoms with Crippen molar-refractivity contribution in [3.05, 3.63) is 29.8 Å². The fourth-order valence-corrected chi connectivity index (χ4v) is 5.74. The number of rotatable bonds is 4. The fourth-order valence-electron chi connectivity index (χ4n) is 3.92. The van der Waals surface area contributed by atoms with Gasteiger partial charge in [-0.05, 0) is 38.8 Å². The first-order chi connectivity index (χ1) is 11.6. The summed E-state index contributed by atoms with van der Waals surface area (Å²) in [6, 6.07) is 7.21. The van der Waals surface area contributed by atoms with E-state index >= 15 is 0 Å². The van der Waals surface area contributed by atoms with E-state index in [9.17, 15) is 9.00 Å². The number of nitrogens with zero attached hydrogens (tertiary/aromatic N) is 1. The van der Waals surface area contributed by atoms with Gasteiger partial charge in [0.15, 0.2) is 10.9 Å². The van der Waals surface area contributed by atoms with Crippen molar-refractivity contribution >= 4 is 16.8 Å². The summed E-state index contributed by atoms with van der Waals surface area (Å²) in [4.78, 5) is 19.5. The highest BCUT2D eigenvalue weighted by atomic mass is 32.2. The third kappa shape index (κ3) is 2.12. The Morgan fingerprint density at radius 3 is 2.83 bits per heavy atom. The molecule has 3 saturated heterocycles. The lowest BCUT2D eigenvalue weighted by Crippen LogP contribution is -2.54. The van der Waals surface area contributed by atoms with Crippen molar-refractivity contribution in [1.82, 2.24) is 5.06 Å². The van der Waals surface area contributed by atoms with E-state index in [4.69, 9.17) is 14.3 Å². The summed E-state index contributed by atoms with van der Waals surface area (Å²) in [6.45, 7) is 4.94. The zero-order valence-electron chi connectivity index (χ0n) is 13.8. The fraction of sp³-hybridized carbons (Fsp3) is 0.588. The molecule has 24 heavy (non-hydrogen) atoms. The van der Waals surface area contributed by atoms with Gasteiger partial charge in [0.05, 0.1) is 16.8 Å². The largest absolute Gasteiger partial charge is 0.431 e. The minimum absolute atomic E-state index is 0.234. The number of hydrogen-bond donors (Lipinski definition) is 0. The van der Waals surface area contributed by atoms with E-state index in [1.165, 1.54) is 0 Å². The first kappa shape index (κ1) is 16.2. The Morgan fingerprint density at radius 2 is 2.12 bits per heavy atom. The average molecular weight is 351 g/mol. The molecule has 0 saturated carbocycles. The number of carbonyl (C=O) groups excluding carboxylic acids is 1. The number of hydrogen-bond acceptors (Lipinski definition) is 6. The third-order valence-electron chi connectivity index (χ3n) is 5.03. The highest BCUT2D eigenvalue weighted by molar-refractivity contribution is 7.87. The van der Waals surface area contributed by atoms with E-state index in [0.29, 0.717) is 11.5 Å². The molecule has 0 amide bonds. The standard InChI is InChI=1S/C17H21NO5S/c1-3-21-15-14-17(16(19)22-15,13-5-4-10-18(13)23-14)24(20)12-8-6-11(2)7-9-12/h6-9,13-15H,3-5,10H2,1-2H3/t13-,14-,15-,17+,24-/m0/s1. The maximum Gasteiger partial charge on any atom is 0.332 e. The molecule has 1 aromatic carbocycles. The molecule has 3 aliphatic heterocycles. The molecule has 3 heterocycles. The van der Waals surface area contributed by atoms with E-state index in [2.05, 4.69) is 0 Å². The van der Waals surface area contributed by atoms with Crippen molar-refractivity contribution in [2.45, 2.75) is 54.8 Å². The Labute approximate surface area is 143 Å². The molecule has 3 aliphatic rings. The lowest BCUT2D eigenvalue weighted by molar-refractivity contribution is -0.226. The van der Waals surface area contributed by atoms with E-state index in [-0.39, 0.29) is 6.04 Å². The predicted molar refractivity (Wildman–Crippen MR) is 86.4 cm³/mol.